The quantitative estimate of drug-likeness (QED) is 0.289. The molecule has 0 radical (unpaired) electrons. The standard InChI is InChI=1S/C28H25NS/c1-28(2,3)29(22-15-13-21(14-16-22)20-9-5-4-6-10-20)23-17-18-25-24-11-7-8-12-26(24)30-27(25)19-23/h4-19H,1-3H3. The Kier molecular flexibility index (Phi) is 4.60. The van der Waals surface area contributed by atoms with E-state index in [0.29, 0.717) is 0 Å². The van der Waals surface area contributed by atoms with Crippen molar-refractivity contribution in [1.29, 1.82) is 0 Å². The zero-order chi connectivity index (χ0) is 20.7. The second-order valence-corrected chi connectivity index (χ2v) is 9.78. The first kappa shape index (κ1) is 18.9. The van der Waals surface area contributed by atoms with E-state index < -0.39 is 0 Å². The summed E-state index contributed by atoms with van der Waals surface area (Å²) in [5.41, 5.74) is 4.89. The van der Waals surface area contributed by atoms with Gasteiger partial charge in [0.25, 0.3) is 0 Å². The molecule has 0 aliphatic heterocycles. The SMILES string of the molecule is CC(C)(C)N(c1ccc(-c2ccccc2)cc1)c1ccc2c(c1)sc1ccccc12. The highest BCUT2D eigenvalue weighted by Gasteiger charge is 2.24. The lowest BCUT2D eigenvalue weighted by Crippen LogP contribution is -2.37. The first-order chi connectivity index (χ1) is 14.5. The Morgan fingerprint density at radius 2 is 1.17 bits per heavy atom. The Hall–Kier alpha value is -3.10. The summed E-state index contributed by atoms with van der Waals surface area (Å²) in [6, 6.07) is 35.0. The number of hydrogen-bond donors (Lipinski definition) is 0. The van der Waals surface area contributed by atoms with Crippen LogP contribution in [0.3, 0.4) is 0 Å². The lowest BCUT2D eigenvalue weighted by atomic mass is 10.0. The third kappa shape index (κ3) is 3.38. The van der Waals surface area contributed by atoms with Crippen molar-refractivity contribution >= 4 is 42.9 Å². The summed E-state index contributed by atoms with van der Waals surface area (Å²) in [4.78, 5) is 2.44. The smallest absolute Gasteiger partial charge is 0.0430 e. The second-order valence-electron chi connectivity index (χ2n) is 8.70. The molecule has 5 rings (SSSR count). The van der Waals surface area contributed by atoms with E-state index in [0.717, 1.165) is 0 Å². The van der Waals surface area contributed by atoms with Gasteiger partial charge in [-0.25, -0.2) is 0 Å². The van der Waals surface area contributed by atoms with E-state index in [-0.39, 0.29) is 5.54 Å². The molecule has 2 heteroatoms. The molecule has 30 heavy (non-hydrogen) atoms. The van der Waals surface area contributed by atoms with Gasteiger partial charge >= 0.3 is 0 Å². The van der Waals surface area contributed by atoms with Crippen LogP contribution in [0.15, 0.2) is 97.1 Å². The molecule has 0 aliphatic rings. The Bertz CT molecular complexity index is 1310. The maximum Gasteiger partial charge on any atom is 0.0430 e. The lowest BCUT2D eigenvalue weighted by molar-refractivity contribution is 0.560. The van der Waals surface area contributed by atoms with Crippen LogP contribution in [0.1, 0.15) is 20.8 Å². The number of nitrogens with zero attached hydrogens (tertiary/aromatic N) is 1. The molecular formula is C28H25NS. The van der Waals surface area contributed by atoms with E-state index in [1.54, 1.807) is 0 Å². The number of anilines is 2. The maximum absolute atomic E-state index is 2.44. The van der Waals surface area contributed by atoms with Gasteiger partial charge in [0.2, 0.25) is 0 Å². The van der Waals surface area contributed by atoms with Crippen molar-refractivity contribution in [3.63, 3.8) is 0 Å². The van der Waals surface area contributed by atoms with Crippen molar-refractivity contribution in [3.05, 3.63) is 97.1 Å². The van der Waals surface area contributed by atoms with Gasteiger partial charge in [0.1, 0.15) is 0 Å². The molecule has 1 nitrogen and oxygen atoms in total. The van der Waals surface area contributed by atoms with E-state index in [1.807, 2.05) is 11.3 Å². The van der Waals surface area contributed by atoms with E-state index in [1.165, 1.54) is 42.7 Å². The molecule has 1 aromatic heterocycles. The molecule has 0 fully saturated rings. The average molecular weight is 408 g/mol. The number of hydrogen-bond acceptors (Lipinski definition) is 2. The van der Waals surface area contributed by atoms with Crippen molar-refractivity contribution in [2.45, 2.75) is 26.3 Å². The number of fused-ring (bicyclic) bond motifs is 3. The summed E-state index contributed by atoms with van der Waals surface area (Å²) in [5.74, 6) is 0. The van der Waals surface area contributed by atoms with Crippen LogP contribution in [0, 0.1) is 0 Å². The highest BCUT2D eigenvalue weighted by Crippen LogP contribution is 2.40. The Balaban J connectivity index is 1.59. The van der Waals surface area contributed by atoms with Crippen molar-refractivity contribution in [3.8, 4) is 11.1 Å². The normalized spacial score (nSPS) is 11.8. The Morgan fingerprint density at radius 3 is 1.90 bits per heavy atom. The summed E-state index contributed by atoms with van der Waals surface area (Å²) in [7, 11) is 0. The van der Waals surface area contributed by atoms with E-state index >= 15 is 0 Å². The zero-order valence-corrected chi connectivity index (χ0v) is 18.4. The first-order valence-corrected chi connectivity index (χ1v) is 11.2. The average Bonchev–Trinajstić information content (AvgIpc) is 3.12. The minimum absolute atomic E-state index is 0.0430. The lowest BCUT2D eigenvalue weighted by Gasteiger charge is -2.38. The Labute approximate surface area is 182 Å². The zero-order valence-electron chi connectivity index (χ0n) is 17.6. The fourth-order valence-electron chi connectivity index (χ4n) is 4.21. The molecule has 0 atom stereocenters. The number of rotatable bonds is 3. The van der Waals surface area contributed by atoms with Gasteiger partial charge in [-0.3, -0.25) is 0 Å². The van der Waals surface area contributed by atoms with E-state index in [2.05, 4.69) is 123 Å². The third-order valence-electron chi connectivity index (χ3n) is 5.52. The van der Waals surface area contributed by atoms with Gasteiger partial charge in [0, 0.05) is 37.1 Å². The first-order valence-electron chi connectivity index (χ1n) is 10.4. The third-order valence-corrected chi connectivity index (χ3v) is 6.66. The van der Waals surface area contributed by atoms with Crippen molar-refractivity contribution in [2.24, 2.45) is 0 Å². The van der Waals surface area contributed by atoms with Crippen LogP contribution in [0.25, 0.3) is 31.3 Å². The Morgan fingerprint density at radius 1 is 0.567 bits per heavy atom. The van der Waals surface area contributed by atoms with Gasteiger partial charge in [0.05, 0.1) is 0 Å². The van der Waals surface area contributed by atoms with Crippen LogP contribution in [-0.2, 0) is 0 Å². The molecule has 0 amide bonds. The van der Waals surface area contributed by atoms with E-state index in [4.69, 9.17) is 0 Å². The van der Waals surface area contributed by atoms with Crippen LogP contribution >= 0.6 is 11.3 Å². The molecular weight excluding hydrogens is 382 g/mol. The predicted octanol–water partition coefficient (Wildman–Crippen LogP) is 8.66. The van der Waals surface area contributed by atoms with Gasteiger partial charge in [-0.15, -0.1) is 11.3 Å². The van der Waals surface area contributed by atoms with Crippen LogP contribution in [0.4, 0.5) is 11.4 Å². The van der Waals surface area contributed by atoms with Crippen LogP contribution in [0.2, 0.25) is 0 Å². The van der Waals surface area contributed by atoms with E-state index in [9.17, 15) is 0 Å². The molecule has 0 unspecified atom stereocenters. The molecule has 0 saturated carbocycles. The molecule has 0 bridgehead atoms. The van der Waals surface area contributed by atoms with Crippen LogP contribution in [-0.4, -0.2) is 5.54 Å². The minimum atomic E-state index is -0.0430. The summed E-state index contributed by atoms with van der Waals surface area (Å²) < 4.78 is 2.68. The molecule has 0 spiro atoms. The summed E-state index contributed by atoms with van der Waals surface area (Å²) in [6.07, 6.45) is 0. The molecule has 0 N–H and O–H groups in total. The molecule has 148 valence electrons. The van der Waals surface area contributed by atoms with Gasteiger partial charge in [-0.05, 0) is 62.2 Å². The van der Waals surface area contributed by atoms with Gasteiger partial charge in [-0.2, -0.15) is 0 Å². The number of benzene rings is 4. The van der Waals surface area contributed by atoms with Gasteiger partial charge in [-0.1, -0.05) is 66.7 Å². The van der Waals surface area contributed by atoms with Crippen LogP contribution in [0.5, 0.6) is 0 Å². The monoisotopic (exact) mass is 407 g/mol. The maximum atomic E-state index is 2.44. The molecule has 0 aliphatic carbocycles. The summed E-state index contributed by atoms with van der Waals surface area (Å²) in [6.45, 7) is 6.81. The fourth-order valence-corrected chi connectivity index (χ4v) is 5.35. The fraction of sp³-hybridized carbons (Fsp3) is 0.143. The molecule has 0 saturated heterocycles. The van der Waals surface area contributed by atoms with Crippen molar-refractivity contribution in [1.82, 2.24) is 0 Å². The largest absolute Gasteiger partial charge is 0.336 e. The molecule has 4 aromatic carbocycles. The van der Waals surface area contributed by atoms with Gasteiger partial charge < -0.3 is 4.90 Å². The topological polar surface area (TPSA) is 3.24 Å². The van der Waals surface area contributed by atoms with Crippen molar-refractivity contribution in [2.75, 3.05) is 4.90 Å². The number of thiophene rings is 1. The predicted molar refractivity (Wildman–Crippen MR) is 133 cm³/mol. The van der Waals surface area contributed by atoms with Gasteiger partial charge in [0.15, 0.2) is 0 Å². The highest BCUT2D eigenvalue weighted by molar-refractivity contribution is 7.25. The molecule has 1 heterocycles. The van der Waals surface area contributed by atoms with Crippen molar-refractivity contribution < 1.29 is 0 Å². The van der Waals surface area contributed by atoms with Crippen LogP contribution < -0.4 is 4.90 Å². The second kappa shape index (κ2) is 7.30. The minimum Gasteiger partial charge on any atom is -0.336 e. The summed E-state index contributed by atoms with van der Waals surface area (Å²) in [5, 5.41) is 2.69. The molecule has 5 aromatic rings. The highest BCUT2D eigenvalue weighted by atomic mass is 32.1. The summed E-state index contributed by atoms with van der Waals surface area (Å²) >= 11 is 1.87.